The summed E-state index contributed by atoms with van der Waals surface area (Å²) in [7, 11) is 1.43. The van der Waals surface area contributed by atoms with E-state index in [0.29, 0.717) is 41.7 Å². The number of hydrogen-bond acceptors (Lipinski definition) is 6. The van der Waals surface area contributed by atoms with Crippen LogP contribution >= 0.6 is 0 Å². The van der Waals surface area contributed by atoms with Crippen molar-refractivity contribution in [3.8, 4) is 17.3 Å². The van der Waals surface area contributed by atoms with Crippen molar-refractivity contribution in [3.05, 3.63) is 54.6 Å². The first-order valence-electron chi connectivity index (χ1n) is 8.55. The number of nitrogens with zero attached hydrogens (tertiary/aromatic N) is 2. The molecule has 0 aliphatic heterocycles. The van der Waals surface area contributed by atoms with E-state index in [-0.39, 0.29) is 0 Å². The Morgan fingerprint density at radius 3 is 2.81 bits per heavy atom. The van der Waals surface area contributed by atoms with Gasteiger partial charge in [-0.15, -0.1) is 0 Å². The smallest absolute Gasteiger partial charge is 0.246 e. The third kappa shape index (κ3) is 3.99. The van der Waals surface area contributed by atoms with Crippen LogP contribution in [0.4, 0.5) is 0 Å². The zero-order valence-corrected chi connectivity index (χ0v) is 15.6. The lowest BCUT2D eigenvalue weighted by atomic mass is 10.2. The minimum atomic E-state index is -1.25. The van der Waals surface area contributed by atoms with E-state index < -0.39 is 11.1 Å². The average Bonchev–Trinajstić information content (AvgIpc) is 3.14. The summed E-state index contributed by atoms with van der Waals surface area (Å²) in [5.74, 6) is 1.60. The Kier molecular flexibility index (Phi) is 5.13. The average molecular weight is 382 g/mol. The number of benzene rings is 2. The molecule has 0 saturated carbocycles. The van der Waals surface area contributed by atoms with Crippen LogP contribution in [-0.4, -0.2) is 33.6 Å². The molecule has 138 valence electrons. The van der Waals surface area contributed by atoms with Gasteiger partial charge in [0.2, 0.25) is 5.89 Å². The van der Waals surface area contributed by atoms with Gasteiger partial charge in [0, 0.05) is 11.5 Å². The Balaban J connectivity index is 1.52. The summed E-state index contributed by atoms with van der Waals surface area (Å²) < 4.78 is 27.5. The number of oxazole rings is 1. The van der Waals surface area contributed by atoms with Crippen LogP contribution < -0.4 is 4.74 Å². The van der Waals surface area contributed by atoms with Crippen molar-refractivity contribution in [2.45, 2.75) is 6.42 Å². The summed E-state index contributed by atoms with van der Waals surface area (Å²) in [4.78, 5) is 9.14. The van der Waals surface area contributed by atoms with E-state index in [9.17, 15) is 4.21 Å². The van der Waals surface area contributed by atoms with Gasteiger partial charge in [0.05, 0.1) is 25.0 Å². The van der Waals surface area contributed by atoms with Gasteiger partial charge in [0.25, 0.3) is 0 Å². The minimum Gasteiger partial charge on any atom is -0.493 e. The Hall–Kier alpha value is -2.77. The van der Waals surface area contributed by atoms with Crippen LogP contribution in [0.15, 0.2) is 59.0 Å². The summed E-state index contributed by atoms with van der Waals surface area (Å²) in [6.07, 6.45) is 0.640. The van der Waals surface area contributed by atoms with Crippen molar-refractivity contribution >= 4 is 33.1 Å². The highest BCUT2D eigenvalue weighted by molar-refractivity contribution is 7.80. The second-order valence-electron chi connectivity index (χ2n) is 5.91. The normalized spacial score (nSPS) is 12.5. The maximum Gasteiger partial charge on any atom is 0.246 e. The number of ether oxygens (including phenoxy) is 1. The molecule has 0 saturated heterocycles. The third-order valence-electron chi connectivity index (χ3n) is 4.09. The highest BCUT2D eigenvalue weighted by Crippen LogP contribution is 2.27. The molecule has 1 atom stereocenters. The standard InChI is InChI=1S/C20H18N2O4S/c1-24-27(23)12-4-11-25-15-8-10-17-19(13-15)26-20(22-17)18-9-7-14-5-2-3-6-16(14)21-18/h2-3,5-10,13H,4,11-12H2,1H3. The van der Waals surface area contributed by atoms with Gasteiger partial charge in [-0.05, 0) is 30.7 Å². The van der Waals surface area contributed by atoms with E-state index in [1.54, 1.807) is 6.07 Å². The van der Waals surface area contributed by atoms with Crippen LogP contribution in [-0.2, 0) is 15.3 Å². The van der Waals surface area contributed by atoms with E-state index in [1.165, 1.54) is 7.11 Å². The molecule has 0 aliphatic rings. The molecule has 4 rings (SSSR count). The van der Waals surface area contributed by atoms with E-state index in [0.717, 1.165) is 16.4 Å². The Bertz CT molecular complexity index is 1110. The van der Waals surface area contributed by atoms with Gasteiger partial charge in [-0.1, -0.05) is 24.3 Å². The first kappa shape index (κ1) is 17.6. The van der Waals surface area contributed by atoms with Crippen molar-refractivity contribution in [1.29, 1.82) is 0 Å². The van der Waals surface area contributed by atoms with Gasteiger partial charge < -0.3 is 9.15 Å². The molecular weight excluding hydrogens is 364 g/mol. The molecule has 0 radical (unpaired) electrons. The van der Waals surface area contributed by atoms with E-state index in [4.69, 9.17) is 13.3 Å². The highest BCUT2D eigenvalue weighted by atomic mass is 32.2. The van der Waals surface area contributed by atoms with Crippen molar-refractivity contribution in [3.63, 3.8) is 0 Å². The first-order valence-corrected chi connectivity index (χ1v) is 9.80. The fourth-order valence-corrected chi connectivity index (χ4v) is 3.26. The summed E-state index contributed by atoms with van der Waals surface area (Å²) in [5, 5.41) is 1.07. The fourth-order valence-electron chi connectivity index (χ4n) is 2.74. The van der Waals surface area contributed by atoms with E-state index >= 15 is 0 Å². The Labute approximate surface area is 158 Å². The molecule has 1 unspecified atom stereocenters. The molecule has 2 aromatic carbocycles. The lowest BCUT2D eigenvalue weighted by Crippen LogP contribution is -2.05. The maximum absolute atomic E-state index is 11.2. The first-order chi connectivity index (χ1) is 13.2. The number of aromatic nitrogens is 2. The van der Waals surface area contributed by atoms with Crippen molar-refractivity contribution < 1.29 is 17.5 Å². The molecule has 0 aliphatic carbocycles. The second-order valence-corrected chi connectivity index (χ2v) is 7.26. The quantitative estimate of drug-likeness (QED) is 0.448. The molecule has 4 aromatic rings. The Morgan fingerprint density at radius 2 is 1.93 bits per heavy atom. The monoisotopic (exact) mass is 382 g/mol. The molecule has 2 aromatic heterocycles. The predicted molar refractivity (Wildman–Crippen MR) is 105 cm³/mol. The van der Waals surface area contributed by atoms with Gasteiger partial charge >= 0.3 is 0 Å². The van der Waals surface area contributed by atoms with Crippen molar-refractivity contribution in [2.75, 3.05) is 19.5 Å². The van der Waals surface area contributed by atoms with Crippen LogP contribution in [0.1, 0.15) is 6.42 Å². The van der Waals surface area contributed by atoms with Crippen molar-refractivity contribution in [1.82, 2.24) is 9.97 Å². The molecule has 6 nitrogen and oxygen atoms in total. The molecule has 0 bridgehead atoms. The number of fused-ring (bicyclic) bond motifs is 2. The molecule has 27 heavy (non-hydrogen) atoms. The molecule has 0 N–H and O–H groups in total. The topological polar surface area (TPSA) is 74.5 Å². The summed E-state index contributed by atoms with van der Waals surface area (Å²) in [6, 6.07) is 17.3. The lowest BCUT2D eigenvalue weighted by Gasteiger charge is -2.05. The fraction of sp³-hybridized carbons (Fsp3) is 0.200. The third-order valence-corrected chi connectivity index (χ3v) is 5.08. The summed E-state index contributed by atoms with van der Waals surface area (Å²) in [6.45, 7) is 0.452. The Morgan fingerprint density at radius 1 is 1.04 bits per heavy atom. The number of pyridine rings is 1. The van der Waals surface area contributed by atoms with Crippen LogP contribution in [0.25, 0.3) is 33.6 Å². The van der Waals surface area contributed by atoms with Crippen LogP contribution in [0.5, 0.6) is 5.75 Å². The van der Waals surface area contributed by atoms with E-state index in [1.807, 2.05) is 48.5 Å². The van der Waals surface area contributed by atoms with Crippen LogP contribution in [0.2, 0.25) is 0 Å². The summed E-state index contributed by atoms with van der Waals surface area (Å²) >= 11 is -1.25. The number of para-hydroxylation sites is 1. The SMILES string of the molecule is COS(=O)CCCOc1ccc2nc(-c3ccc4ccccc4n3)oc2c1. The molecule has 2 heterocycles. The second kappa shape index (κ2) is 7.85. The highest BCUT2D eigenvalue weighted by Gasteiger charge is 2.11. The molecule has 0 fully saturated rings. The van der Waals surface area contributed by atoms with Gasteiger partial charge in [-0.2, -0.15) is 0 Å². The van der Waals surface area contributed by atoms with Crippen LogP contribution in [0, 0.1) is 0 Å². The van der Waals surface area contributed by atoms with Gasteiger partial charge in [0.15, 0.2) is 16.7 Å². The van der Waals surface area contributed by atoms with Crippen LogP contribution in [0.3, 0.4) is 0 Å². The van der Waals surface area contributed by atoms with Crippen molar-refractivity contribution in [2.24, 2.45) is 0 Å². The minimum absolute atomic E-state index is 0.443. The maximum atomic E-state index is 11.2. The zero-order chi connectivity index (χ0) is 18.6. The molecule has 7 heteroatoms. The number of rotatable bonds is 7. The zero-order valence-electron chi connectivity index (χ0n) is 14.8. The summed E-state index contributed by atoms with van der Waals surface area (Å²) in [5.41, 5.74) is 2.97. The van der Waals surface area contributed by atoms with Gasteiger partial charge in [-0.25, -0.2) is 14.2 Å². The molecule has 0 spiro atoms. The molecule has 0 amide bonds. The lowest BCUT2D eigenvalue weighted by molar-refractivity contribution is 0.316. The number of hydrogen-bond donors (Lipinski definition) is 0. The largest absolute Gasteiger partial charge is 0.493 e. The van der Waals surface area contributed by atoms with Gasteiger partial charge in [-0.3, -0.25) is 4.18 Å². The predicted octanol–water partition coefficient (Wildman–Crippen LogP) is 4.12. The van der Waals surface area contributed by atoms with E-state index in [2.05, 4.69) is 9.97 Å². The molecular formula is C20H18N2O4S. The van der Waals surface area contributed by atoms with Gasteiger partial charge in [0.1, 0.15) is 17.0 Å².